The Morgan fingerprint density at radius 2 is 1.67 bits per heavy atom. The van der Waals surface area contributed by atoms with Gasteiger partial charge >= 0.3 is 0 Å². The van der Waals surface area contributed by atoms with Crippen molar-refractivity contribution in [3.05, 3.63) is 58.3 Å². The highest BCUT2D eigenvalue weighted by molar-refractivity contribution is 7.09. The topological polar surface area (TPSA) is 133 Å². The fourth-order valence-electron chi connectivity index (χ4n) is 9.25. The Morgan fingerprint density at radius 1 is 0.923 bits per heavy atom. The fraction of sp³-hybridized carbons (Fsp3) is 0.650. The van der Waals surface area contributed by atoms with Gasteiger partial charge in [-0.05, 0) is 107 Å². The third-order valence-electron chi connectivity index (χ3n) is 12.3. The van der Waals surface area contributed by atoms with Gasteiger partial charge in [-0.25, -0.2) is 4.99 Å². The van der Waals surface area contributed by atoms with Crippen LogP contribution in [0.15, 0.2) is 52.8 Å². The molecule has 4 heterocycles. The number of nitrogens with one attached hydrogen (secondary N) is 2. The number of hydrogen-bond acceptors (Lipinski definition) is 9. The van der Waals surface area contributed by atoms with E-state index in [0.29, 0.717) is 38.2 Å². The Balaban J connectivity index is 1.09. The van der Waals surface area contributed by atoms with Gasteiger partial charge in [-0.3, -0.25) is 14.4 Å². The average Bonchev–Trinajstić information content (AvgIpc) is 3.86. The number of nitrogens with zero attached hydrogens (tertiary/aromatic N) is 4. The fourth-order valence-corrected chi connectivity index (χ4v) is 9.89. The number of carbonyl (C=O) groups is 3. The molecule has 12 heteroatoms. The first-order valence-electron chi connectivity index (χ1n) is 19.8. The number of aliphatic imine (C=N–C) groups is 1. The number of rotatable bonds is 10. The van der Waals surface area contributed by atoms with E-state index in [0.717, 1.165) is 61.8 Å². The molecule has 7 rings (SSSR count). The van der Waals surface area contributed by atoms with E-state index in [2.05, 4.69) is 39.5 Å². The largest absolute Gasteiger partial charge is 0.455 e. The lowest BCUT2D eigenvalue weighted by Crippen LogP contribution is -2.65. The van der Waals surface area contributed by atoms with Crippen molar-refractivity contribution in [1.29, 1.82) is 0 Å². The number of primary amides is 1. The van der Waals surface area contributed by atoms with Crippen LogP contribution in [-0.2, 0) is 25.7 Å². The summed E-state index contributed by atoms with van der Waals surface area (Å²) in [5, 5.41) is 9.00. The van der Waals surface area contributed by atoms with Crippen LogP contribution in [0.3, 0.4) is 0 Å². The lowest BCUT2D eigenvalue weighted by Gasteiger charge is -2.45. The number of likely N-dealkylation sites (tertiary alicyclic amines) is 1. The normalized spacial score (nSPS) is 30.6. The van der Waals surface area contributed by atoms with Crippen LogP contribution in [0, 0.1) is 11.8 Å². The number of nitrogens with two attached hydrogens (primary N) is 1. The van der Waals surface area contributed by atoms with Crippen LogP contribution in [0.5, 0.6) is 0 Å². The van der Waals surface area contributed by atoms with Gasteiger partial charge in [0.1, 0.15) is 12.1 Å². The predicted octanol–water partition coefficient (Wildman–Crippen LogP) is 4.44. The van der Waals surface area contributed by atoms with Crippen LogP contribution in [0.4, 0.5) is 0 Å². The van der Waals surface area contributed by atoms with E-state index in [1.54, 1.807) is 11.3 Å². The molecule has 52 heavy (non-hydrogen) atoms. The molecule has 282 valence electrons. The summed E-state index contributed by atoms with van der Waals surface area (Å²) in [4.78, 5) is 53.7. The number of hydrogen-bond donors (Lipinski definition) is 3. The molecule has 2 saturated heterocycles. The molecule has 2 aliphatic carbocycles. The number of amidine groups is 1. The Hall–Kier alpha value is -3.48. The summed E-state index contributed by atoms with van der Waals surface area (Å²) in [5.41, 5.74) is 6.74. The van der Waals surface area contributed by atoms with E-state index >= 15 is 4.79 Å². The standard InChI is InChI=1S/C40H57N7O4S/c1-27-36(29-9-4-2-5-10-29)51-40(43-27)46-22-23-47(34(26-46)38(49)42-25-33-11-8-24-52-33)39(50)35(44-31-16-12-30(13-17-31)37(41)48)28-14-18-32(19-15-28)45-20-6-3-7-21-45/h2,4-5,8-11,24,27-28,30-32,34-36,44H,3,6-7,12-23,25-26H2,1H3,(H2,41,48)(H,42,49)/t27-,28?,30?,31?,32?,34-,35+,36+/m0/s1. The van der Waals surface area contributed by atoms with E-state index in [-0.39, 0.29) is 53.8 Å². The smallest absolute Gasteiger partial charge is 0.288 e. The van der Waals surface area contributed by atoms with E-state index in [9.17, 15) is 9.59 Å². The molecule has 5 aliphatic rings. The van der Waals surface area contributed by atoms with Crippen molar-refractivity contribution in [3.8, 4) is 0 Å². The number of piperidine rings is 1. The number of benzene rings is 1. The van der Waals surface area contributed by atoms with Crippen LogP contribution in [0.25, 0.3) is 0 Å². The Morgan fingerprint density at radius 3 is 2.37 bits per heavy atom. The summed E-state index contributed by atoms with van der Waals surface area (Å²) in [6.07, 6.45) is 11.0. The van der Waals surface area contributed by atoms with Crippen LogP contribution in [0.2, 0.25) is 0 Å². The minimum atomic E-state index is -0.696. The number of ether oxygens (including phenoxy) is 1. The SMILES string of the molecule is C[C@@H]1N=C(N2CCN(C(=O)[C@H](NC3CCC(C(N)=O)CC3)C3CCC(N4CCCCC4)CC3)[C@H](C(=O)NCc3cccs3)C2)O[C@H]1c1ccccc1. The van der Waals surface area contributed by atoms with E-state index in [1.807, 2.05) is 40.6 Å². The van der Waals surface area contributed by atoms with Crippen molar-refractivity contribution in [1.82, 2.24) is 25.3 Å². The summed E-state index contributed by atoms with van der Waals surface area (Å²) in [5.74, 6) is -0.282. The molecule has 2 aromatic rings. The molecule has 3 aliphatic heterocycles. The molecule has 0 unspecified atom stereocenters. The molecule has 1 aromatic carbocycles. The highest BCUT2D eigenvalue weighted by atomic mass is 32.1. The lowest BCUT2D eigenvalue weighted by molar-refractivity contribution is -0.146. The maximum atomic E-state index is 15.0. The van der Waals surface area contributed by atoms with Gasteiger partial charge in [0.15, 0.2) is 0 Å². The summed E-state index contributed by atoms with van der Waals surface area (Å²) in [6.45, 7) is 6.10. The second kappa shape index (κ2) is 17.1. The first kappa shape index (κ1) is 36.9. The lowest BCUT2D eigenvalue weighted by atomic mass is 9.78. The zero-order valence-electron chi connectivity index (χ0n) is 30.7. The van der Waals surface area contributed by atoms with Crippen molar-refractivity contribution in [2.45, 2.75) is 120 Å². The molecular weight excluding hydrogens is 675 g/mol. The van der Waals surface area contributed by atoms with Crippen molar-refractivity contribution < 1.29 is 19.1 Å². The number of piperazine rings is 1. The van der Waals surface area contributed by atoms with Crippen molar-refractivity contribution in [3.63, 3.8) is 0 Å². The number of carbonyl (C=O) groups excluding carboxylic acids is 3. The van der Waals surface area contributed by atoms with E-state index in [4.69, 9.17) is 15.5 Å². The minimum absolute atomic E-state index is 0.0131. The maximum Gasteiger partial charge on any atom is 0.288 e. The first-order valence-corrected chi connectivity index (χ1v) is 20.7. The molecule has 0 radical (unpaired) electrons. The Labute approximate surface area is 312 Å². The quantitative estimate of drug-likeness (QED) is 0.329. The third kappa shape index (κ3) is 8.66. The van der Waals surface area contributed by atoms with E-state index < -0.39 is 6.04 Å². The van der Waals surface area contributed by atoms with Crippen LogP contribution < -0.4 is 16.4 Å². The first-order chi connectivity index (χ1) is 25.3. The van der Waals surface area contributed by atoms with Gasteiger partial charge in [-0.2, -0.15) is 0 Å². The van der Waals surface area contributed by atoms with Gasteiger partial charge in [0.05, 0.1) is 25.2 Å². The summed E-state index contributed by atoms with van der Waals surface area (Å²) in [7, 11) is 0. The molecule has 4 fully saturated rings. The summed E-state index contributed by atoms with van der Waals surface area (Å²) >= 11 is 1.61. The minimum Gasteiger partial charge on any atom is -0.455 e. The van der Waals surface area contributed by atoms with Crippen molar-refractivity contribution in [2.75, 3.05) is 32.7 Å². The molecule has 0 spiro atoms. The molecule has 4 atom stereocenters. The van der Waals surface area contributed by atoms with E-state index in [1.165, 1.54) is 32.4 Å². The van der Waals surface area contributed by atoms with Gasteiger partial charge in [0, 0.05) is 36.0 Å². The zero-order valence-corrected chi connectivity index (χ0v) is 31.5. The second-order valence-electron chi connectivity index (χ2n) is 15.7. The van der Waals surface area contributed by atoms with Crippen molar-refractivity contribution in [2.24, 2.45) is 22.6 Å². The van der Waals surface area contributed by atoms with Gasteiger partial charge in [-0.15, -0.1) is 11.3 Å². The Bertz CT molecular complexity index is 1520. The summed E-state index contributed by atoms with van der Waals surface area (Å²) < 4.78 is 6.46. The van der Waals surface area contributed by atoms with Crippen LogP contribution >= 0.6 is 11.3 Å². The molecule has 1 aromatic heterocycles. The zero-order chi connectivity index (χ0) is 36.0. The van der Waals surface area contributed by atoms with Crippen LogP contribution in [0.1, 0.15) is 94.1 Å². The van der Waals surface area contributed by atoms with Gasteiger partial charge in [0.25, 0.3) is 6.02 Å². The molecule has 0 bridgehead atoms. The molecule has 4 N–H and O–H groups in total. The van der Waals surface area contributed by atoms with Crippen molar-refractivity contribution >= 4 is 35.1 Å². The van der Waals surface area contributed by atoms with Gasteiger partial charge in [0.2, 0.25) is 17.7 Å². The second-order valence-corrected chi connectivity index (χ2v) is 16.7. The monoisotopic (exact) mass is 731 g/mol. The van der Waals surface area contributed by atoms with Crippen LogP contribution in [-0.4, -0.2) is 101 Å². The predicted molar refractivity (Wildman–Crippen MR) is 203 cm³/mol. The molecular formula is C40H57N7O4S. The maximum absolute atomic E-state index is 15.0. The third-order valence-corrected chi connectivity index (χ3v) is 13.2. The van der Waals surface area contributed by atoms with Gasteiger partial charge < -0.3 is 35.8 Å². The highest BCUT2D eigenvalue weighted by Crippen LogP contribution is 2.35. The van der Waals surface area contributed by atoms with Gasteiger partial charge in [-0.1, -0.05) is 42.8 Å². The summed E-state index contributed by atoms with van der Waals surface area (Å²) in [6, 6.07) is 14.2. The number of thiophene rings is 1. The average molecular weight is 732 g/mol. The molecule has 11 nitrogen and oxygen atoms in total. The number of amides is 3. The molecule has 2 saturated carbocycles. The highest BCUT2D eigenvalue weighted by Gasteiger charge is 2.44. The molecule has 3 amide bonds. The Kier molecular flexibility index (Phi) is 12.1.